The average Bonchev–Trinajstić information content (AvgIpc) is 4.03. The number of ether oxygens (including phenoxy) is 3. The molecule has 388 valence electrons. The zero-order valence-corrected chi connectivity index (χ0v) is 42.9. The number of likely N-dealkylation sites (tertiary alicyclic amines) is 2. The number of carbonyl (C=O) groups is 1. The van der Waals surface area contributed by atoms with E-state index in [1.807, 2.05) is 19.1 Å². The van der Waals surface area contributed by atoms with Gasteiger partial charge in [0.2, 0.25) is 0 Å². The molecule has 5 aromatic rings. The lowest BCUT2D eigenvalue weighted by Gasteiger charge is -2.57. The summed E-state index contributed by atoms with van der Waals surface area (Å²) in [5.74, 6) is 0.727. The standard InChI is InChI=1S/C55H68N8O9S/c1-35(2)40-8-4-5-9-41(40)42-10-6-11-45(42)62-33-55(34-62)19-24-61(25-20-55)38-12-13-43(47(29-38)72-49-28-37-16-21-56-51(37)58-53(49)70-27-26-60-22-7-23-60)52(64)59-73(68,69)39-30-46(63(66)67)50-48(31-39)71-32-44(57-50)36-14-17-54(3,65)18-15-36/h4-5,8-9,12-13,16,21,28-31,35-36,42,44-45,57,65H,6-7,10-11,14-15,17-20,22-27,32-34H2,1-3H3,(H,56,58)(H,59,64)/t36?,42-,44+,45-,54?/m0/s1. The first-order chi connectivity index (χ1) is 35.1. The summed E-state index contributed by atoms with van der Waals surface area (Å²) in [6.45, 7) is 13.4. The maximum absolute atomic E-state index is 14.4. The predicted molar refractivity (Wildman–Crippen MR) is 279 cm³/mol. The van der Waals surface area contributed by atoms with Crippen molar-refractivity contribution >= 4 is 44.0 Å². The molecule has 2 aromatic heterocycles. The molecule has 6 aliphatic rings. The summed E-state index contributed by atoms with van der Waals surface area (Å²) in [5.41, 5.74) is 3.42. The number of nitro groups is 1. The molecule has 3 aromatic carbocycles. The van der Waals surface area contributed by atoms with Crippen molar-refractivity contribution in [2.24, 2.45) is 11.3 Å². The maximum atomic E-state index is 14.4. The van der Waals surface area contributed by atoms with Crippen LogP contribution in [0.25, 0.3) is 11.0 Å². The average molecular weight is 1020 g/mol. The van der Waals surface area contributed by atoms with Crippen molar-refractivity contribution in [2.45, 2.75) is 119 Å². The number of piperidine rings is 1. The molecule has 17 nitrogen and oxygen atoms in total. The Morgan fingerprint density at radius 3 is 2.49 bits per heavy atom. The van der Waals surface area contributed by atoms with Gasteiger partial charge < -0.3 is 34.5 Å². The van der Waals surface area contributed by atoms with Gasteiger partial charge in [-0.05, 0) is 136 Å². The van der Waals surface area contributed by atoms with Gasteiger partial charge in [0.25, 0.3) is 27.5 Å². The second-order valence-corrected chi connectivity index (χ2v) is 23.9. The van der Waals surface area contributed by atoms with Crippen LogP contribution in [0.2, 0.25) is 0 Å². The minimum Gasteiger partial charge on any atom is -0.489 e. The number of hydrogen-bond acceptors (Lipinski definition) is 14. The van der Waals surface area contributed by atoms with Gasteiger partial charge in [-0.3, -0.25) is 24.7 Å². The Labute approximate surface area is 427 Å². The number of amides is 1. The van der Waals surface area contributed by atoms with E-state index in [0.29, 0.717) is 62.4 Å². The van der Waals surface area contributed by atoms with E-state index in [0.717, 1.165) is 75.7 Å². The van der Waals surface area contributed by atoms with Crippen molar-refractivity contribution in [1.82, 2.24) is 24.5 Å². The number of sulfonamides is 1. The van der Waals surface area contributed by atoms with Gasteiger partial charge in [-0.1, -0.05) is 44.5 Å². The van der Waals surface area contributed by atoms with Crippen LogP contribution in [0.4, 0.5) is 17.1 Å². The van der Waals surface area contributed by atoms with Crippen LogP contribution < -0.4 is 29.1 Å². The Morgan fingerprint density at radius 2 is 1.75 bits per heavy atom. The predicted octanol–water partition coefficient (Wildman–Crippen LogP) is 8.94. The molecule has 2 saturated carbocycles. The first kappa shape index (κ1) is 49.3. The molecule has 0 radical (unpaired) electrons. The molecular formula is C55H68N8O9S. The van der Waals surface area contributed by atoms with Crippen LogP contribution >= 0.6 is 0 Å². The van der Waals surface area contributed by atoms with Crippen LogP contribution in [0.1, 0.15) is 118 Å². The topological polar surface area (TPSA) is 205 Å². The van der Waals surface area contributed by atoms with Crippen LogP contribution in [0, 0.1) is 21.4 Å². The lowest BCUT2D eigenvalue weighted by molar-refractivity contribution is -0.384. The number of carbonyl (C=O) groups excluding carboxylic acids is 1. The summed E-state index contributed by atoms with van der Waals surface area (Å²) in [6.07, 6.45) is 11.3. The molecule has 3 saturated heterocycles. The molecule has 4 aliphatic heterocycles. The summed E-state index contributed by atoms with van der Waals surface area (Å²) in [4.78, 5) is 41.0. The Morgan fingerprint density at radius 1 is 0.973 bits per heavy atom. The summed E-state index contributed by atoms with van der Waals surface area (Å²) in [5, 5.41) is 27.0. The number of rotatable bonds is 15. The number of H-pyrrole nitrogens is 1. The first-order valence-corrected chi connectivity index (χ1v) is 27.8. The highest BCUT2D eigenvalue weighted by Crippen LogP contribution is 2.50. The monoisotopic (exact) mass is 1020 g/mol. The molecule has 73 heavy (non-hydrogen) atoms. The van der Waals surface area contributed by atoms with Crippen molar-refractivity contribution < 1.29 is 37.5 Å². The molecule has 1 amide bonds. The zero-order chi connectivity index (χ0) is 50.6. The van der Waals surface area contributed by atoms with Crippen molar-refractivity contribution in [2.75, 3.05) is 69.2 Å². The Balaban J connectivity index is 0.837. The lowest BCUT2D eigenvalue weighted by atomic mass is 9.70. The molecule has 18 heteroatoms. The lowest BCUT2D eigenvalue weighted by Crippen LogP contribution is -2.63. The number of aromatic amines is 1. The van der Waals surface area contributed by atoms with Crippen LogP contribution in [-0.2, 0) is 10.0 Å². The van der Waals surface area contributed by atoms with E-state index in [2.05, 4.69) is 67.8 Å². The van der Waals surface area contributed by atoms with E-state index in [1.54, 1.807) is 24.4 Å². The van der Waals surface area contributed by atoms with Crippen LogP contribution in [0.3, 0.4) is 0 Å². The molecule has 6 heterocycles. The number of pyridine rings is 1. The van der Waals surface area contributed by atoms with Gasteiger partial charge in [0.1, 0.15) is 24.6 Å². The molecule has 5 fully saturated rings. The number of nitrogens with zero attached hydrogens (tertiary/aromatic N) is 5. The fraction of sp³-hybridized carbons (Fsp3) is 0.527. The molecule has 0 unspecified atom stereocenters. The molecule has 2 aliphatic carbocycles. The van der Waals surface area contributed by atoms with Crippen LogP contribution in [-0.4, -0.2) is 121 Å². The van der Waals surface area contributed by atoms with Crippen molar-refractivity contribution in [3.8, 4) is 23.1 Å². The zero-order valence-electron chi connectivity index (χ0n) is 42.1. The van der Waals surface area contributed by atoms with E-state index < -0.39 is 37.0 Å². The second kappa shape index (κ2) is 19.7. The fourth-order valence-electron chi connectivity index (χ4n) is 12.5. The number of fused-ring (bicyclic) bond motifs is 2. The highest BCUT2D eigenvalue weighted by molar-refractivity contribution is 7.90. The van der Waals surface area contributed by atoms with Gasteiger partial charge in [-0.15, -0.1) is 0 Å². The minimum absolute atomic E-state index is 0.00296. The van der Waals surface area contributed by atoms with E-state index in [1.165, 1.54) is 36.5 Å². The van der Waals surface area contributed by atoms with E-state index in [9.17, 15) is 28.4 Å². The molecule has 1 spiro atoms. The minimum atomic E-state index is -4.71. The molecule has 11 rings (SSSR count). The highest BCUT2D eigenvalue weighted by atomic mass is 32.2. The normalized spacial score (nSPS) is 25.1. The van der Waals surface area contributed by atoms with Crippen molar-refractivity contribution in [3.63, 3.8) is 0 Å². The van der Waals surface area contributed by atoms with Gasteiger partial charge in [0.05, 0.1) is 27.0 Å². The number of nitro benzene ring substituents is 1. The van der Waals surface area contributed by atoms with Gasteiger partial charge in [0, 0.05) is 74.2 Å². The Kier molecular flexibility index (Phi) is 13.3. The number of anilines is 2. The SMILES string of the molecule is CC(C)c1ccccc1[C@@H]1CCC[C@@H]1N1CC2(CCN(c3ccc(C(=O)NS(=O)(=O)c4cc5c(c([N+](=O)[O-])c4)N[C@@H](C4CCC(C)(O)CC4)CO5)c(Oc4cc5cc[nH]c5nc4OCCN4CCC4)c3)CC2)C1. The summed E-state index contributed by atoms with van der Waals surface area (Å²) >= 11 is 0. The second-order valence-electron chi connectivity index (χ2n) is 22.2. The number of nitrogens with one attached hydrogen (secondary N) is 3. The van der Waals surface area contributed by atoms with E-state index in [4.69, 9.17) is 19.2 Å². The van der Waals surface area contributed by atoms with Crippen LogP contribution in [0.15, 0.2) is 77.8 Å². The van der Waals surface area contributed by atoms with Gasteiger partial charge in [-0.25, -0.2) is 13.1 Å². The molecular weight excluding hydrogens is 949 g/mol. The summed E-state index contributed by atoms with van der Waals surface area (Å²) < 4.78 is 49.5. The third kappa shape index (κ3) is 10.1. The third-order valence-electron chi connectivity index (χ3n) is 16.9. The van der Waals surface area contributed by atoms with Gasteiger partial charge in [0.15, 0.2) is 17.2 Å². The van der Waals surface area contributed by atoms with E-state index >= 15 is 0 Å². The number of hydrogen-bond donors (Lipinski definition) is 4. The number of aromatic nitrogens is 2. The first-order valence-electron chi connectivity index (χ1n) is 26.4. The quantitative estimate of drug-likeness (QED) is 0.0571. The molecule has 4 N–H and O–H groups in total. The van der Waals surface area contributed by atoms with Crippen molar-refractivity contribution in [1.29, 1.82) is 0 Å². The van der Waals surface area contributed by atoms with Crippen LogP contribution in [0.5, 0.6) is 23.1 Å². The third-order valence-corrected chi connectivity index (χ3v) is 18.2. The summed E-state index contributed by atoms with van der Waals surface area (Å²) in [6, 6.07) is 20.3. The molecule has 3 atom stereocenters. The van der Waals surface area contributed by atoms with Gasteiger partial charge in [-0.2, -0.15) is 4.98 Å². The highest BCUT2D eigenvalue weighted by Gasteiger charge is 2.49. The maximum Gasteiger partial charge on any atom is 0.297 e. The van der Waals surface area contributed by atoms with Crippen molar-refractivity contribution in [3.05, 3.63) is 99.7 Å². The van der Waals surface area contributed by atoms with Gasteiger partial charge >= 0.3 is 0 Å². The number of aliphatic hydroxyl groups is 1. The number of benzene rings is 3. The largest absolute Gasteiger partial charge is 0.489 e. The summed E-state index contributed by atoms with van der Waals surface area (Å²) in [7, 11) is -4.71. The Hall–Kier alpha value is -5.95. The van der Waals surface area contributed by atoms with E-state index in [-0.39, 0.29) is 58.4 Å². The fourth-order valence-corrected chi connectivity index (χ4v) is 13.5. The molecule has 0 bridgehead atoms. The smallest absolute Gasteiger partial charge is 0.297 e. The Bertz CT molecular complexity index is 2990.